The first-order valence-corrected chi connectivity index (χ1v) is 5.43. The molecule has 0 spiro atoms. The molecule has 1 N–H and O–H groups in total. The molecule has 0 aliphatic heterocycles. The Kier molecular flexibility index (Phi) is 3.43. The van der Waals surface area contributed by atoms with Crippen molar-refractivity contribution in [2.24, 2.45) is 0 Å². The molecule has 106 valence electrons. The Labute approximate surface area is 113 Å². The number of phenolic OH excluding ortho intramolecular Hbond substituents is 1. The van der Waals surface area contributed by atoms with E-state index in [1.165, 1.54) is 0 Å². The lowest BCUT2D eigenvalue weighted by Gasteiger charge is -2.10. The van der Waals surface area contributed by atoms with Crippen molar-refractivity contribution in [3.63, 3.8) is 0 Å². The van der Waals surface area contributed by atoms with Crippen LogP contribution in [-0.4, -0.2) is 14.9 Å². The summed E-state index contributed by atoms with van der Waals surface area (Å²) in [6, 6.07) is 1.98. The van der Waals surface area contributed by atoms with E-state index in [0.29, 0.717) is 10.9 Å². The molecular formula is C11H5ClF4N2O2. The standard InChI is InChI=1S/C11H5ClF4N2O2/c12-6-2-7(13)10(8(19)3-6)18-9(20)1-5(4-17-18)11(14,15)16/h1-4,19H. The predicted octanol–water partition coefficient (Wildman–Crippen LogP) is 2.75. The van der Waals surface area contributed by atoms with E-state index >= 15 is 0 Å². The van der Waals surface area contributed by atoms with Crippen molar-refractivity contribution < 1.29 is 22.7 Å². The molecule has 2 rings (SSSR count). The molecule has 4 nitrogen and oxygen atoms in total. The minimum Gasteiger partial charge on any atom is -0.506 e. The van der Waals surface area contributed by atoms with Crippen molar-refractivity contribution in [1.29, 1.82) is 0 Å². The highest BCUT2D eigenvalue weighted by Gasteiger charge is 2.32. The maximum Gasteiger partial charge on any atom is 0.418 e. The molecule has 9 heteroatoms. The summed E-state index contributed by atoms with van der Waals surface area (Å²) < 4.78 is 51.1. The number of phenols is 1. The van der Waals surface area contributed by atoms with Crippen LogP contribution in [0.2, 0.25) is 5.02 Å². The van der Waals surface area contributed by atoms with Gasteiger partial charge >= 0.3 is 6.18 Å². The van der Waals surface area contributed by atoms with E-state index in [-0.39, 0.29) is 11.1 Å². The Bertz CT molecular complexity index is 704. The number of rotatable bonds is 1. The van der Waals surface area contributed by atoms with Gasteiger partial charge in [0.15, 0.2) is 5.82 Å². The number of halogens is 5. The van der Waals surface area contributed by atoms with Crippen molar-refractivity contribution in [2.75, 3.05) is 0 Å². The fourth-order valence-corrected chi connectivity index (χ4v) is 1.69. The summed E-state index contributed by atoms with van der Waals surface area (Å²) in [5, 5.41) is 12.6. The smallest absolute Gasteiger partial charge is 0.418 e. The molecule has 0 aliphatic carbocycles. The van der Waals surface area contributed by atoms with Crippen molar-refractivity contribution >= 4 is 11.6 Å². The lowest BCUT2D eigenvalue weighted by Crippen LogP contribution is -2.24. The lowest BCUT2D eigenvalue weighted by molar-refractivity contribution is -0.138. The molecule has 0 saturated heterocycles. The van der Waals surface area contributed by atoms with Crippen molar-refractivity contribution in [1.82, 2.24) is 9.78 Å². The zero-order valence-electron chi connectivity index (χ0n) is 9.45. The minimum atomic E-state index is -4.74. The molecule has 0 atom stereocenters. The van der Waals surface area contributed by atoms with Gasteiger partial charge in [-0.15, -0.1) is 0 Å². The summed E-state index contributed by atoms with van der Waals surface area (Å²) in [5.41, 5.74) is -3.18. The van der Waals surface area contributed by atoms with Gasteiger partial charge in [-0.3, -0.25) is 4.79 Å². The van der Waals surface area contributed by atoms with E-state index < -0.39 is 34.6 Å². The first kappa shape index (κ1) is 14.3. The van der Waals surface area contributed by atoms with E-state index in [4.69, 9.17) is 11.6 Å². The highest BCUT2D eigenvalue weighted by Crippen LogP contribution is 2.29. The second kappa shape index (κ2) is 4.78. The van der Waals surface area contributed by atoms with E-state index in [1.807, 2.05) is 0 Å². The molecule has 20 heavy (non-hydrogen) atoms. The third kappa shape index (κ3) is 2.60. The second-order valence-electron chi connectivity index (χ2n) is 3.75. The van der Waals surface area contributed by atoms with Crippen molar-refractivity contribution in [2.45, 2.75) is 6.18 Å². The monoisotopic (exact) mass is 308 g/mol. The molecule has 0 radical (unpaired) electrons. The number of aromatic hydroxyl groups is 1. The summed E-state index contributed by atoms with van der Waals surface area (Å²) in [4.78, 5) is 11.6. The summed E-state index contributed by atoms with van der Waals surface area (Å²) in [6.07, 6.45) is -4.39. The summed E-state index contributed by atoms with van der Waals surface area (Å²) in [7, 11) is 0. The van der Waals surface area contributed by atoms with Crippen LogP contribution in [0.5, 0.6) is 5.75 Å². The van der Waals surface area contributed by atoms with Gasteiger partial charge in [0.2, 0.25) is 0 Å². The highest BCUT2D eigenvalue weighted by atomic mass is 35.5. The van der Waals surface area contributed by atoms with Gasteiger partial charge in [0, 0.05) is 17.2 Å². The normalized spacial score (nSPS) is 11.7. The quantitative estimate of drug-likeness (QED) is 0.824. The number of hydrogen-bond donors (Lipinski definition) is 1. The van der Waals surface area contributed by atoms with Gasteiger partial charge in [-0.25, -0.2) is 4.39 Å². The van der Waals surface area contributed by atoms with Crippen LogP contribution in [-0.2, 0) is 6.18 Å². The zero-order chi connectivity index (χ0) is 15.1. The number of nitrogens with zero attached hydrogens (tertiary/aromatic N) is 2. The molecular weight excluding hydrogens is 304 g/mol. The average molecular weight is 309 g/mol. The Balaban J connectivity index is 2.64. The average Bonchev–Trinajstić information content (AvgIpc) is 2.28. The molecule has 0 aliphatic rings. The zero-order valence-corrected chi connectivity index (χ0v) is 10.2. The number of alkyl halides is 3. The molecule has 0 bridgehead atoms. The lowest BCUT2D eigenvalue weighted by atomic mass is 10.2. The first-order valence-electron chi connectivity index (χ1n) is 5.05. The molecule has 0 amide bonds. The SMILES string of the molecule is O=c1cc(C(F)(F)F)cnn1-c1c(O)cc(Cl)cc1F. The van der Waals surface area contributed by atoms with Crippen LogP contribution in [0.3, 0.4) is 0 Å². The van der Waals surface area contributed by atoms with Crippen LogP contribution >= 0.6 is 11.6 Å². The Hall–Kier alpha value is -2.09. The van der Waals surface area contributed by atoms with Gasteiger partial charge in [-0.1, -0.05) is 11.6 Å². The van der Waals surface area contributed by atoms with Gasteiger partial charge in [0.05, 0.1) is 11.8 Å². The van der Waals surface area contributed by atoms with Gasteiger partial charge in [0.25, 0.3) is 5.56 Å². The van der Waals surface area contributed by atoms with E-state index in [2.05, 4.69) is 5.10 Å². The Morgan fingerprint density at radius 3 is 2.40 bits per heavy atom. The maximum atomic E-state index is 13.6. The van der Waals surface area contributed by atoms with Crippen LogP contribution < -0.4 is 5.56 Å². The molecule has 0 saturated carbocycles. The number of hydrogen-bond acceptors (Lipinski definition) is 3. The third-order valence-electron chi connectivity index (χ3n) is 2.35. The fourth-order valence-electron chi connectivity index (χ4n) is 1.49. The summed E-state index contributed by atoms with van der Waals surface area (Å²) >= 11 is 5.48. The first-order chi connectivity index (χ1) is 9.20. The molecule has 1 heterocycles. The van der Waals surface area contributed by atoms with Crippen LogP contribution in [0.15, 0.2) is 29.2 Å². The Morgan fingerprint density at radius 1 is 1.25 bits per heavy atom. The Morgan fingerprint density at radius 2 is 1.90 bits per heavy atom. The predicted molar refractivity (Wildman–Crippen MR) is 61.5 cm³/mol. The number of benzene rings is 1. The van der Waals surface area contributed by atoms with Gasteiger partial charge in [0.1, 0.15) is 11.4 Å². The van der Waals surface area contributed by atoms with Crippen LogP contribution in [0.4, 0.5) is 17.6 Å². The minimum absolute atomic E-state index is 0.135. The third-order valence-corrected chi connectivity index (χ3v) is 2.57. The van der Waals surface area contributed by atoms with Gasteiger partial charge < -0.3 is 5.11 Å². The fraction of sp³-hybridized carbons (Fsp3) is 0.0909. The van der Waals surface area contributed by atoms with Crippen molar-refractivity contribution in [3.05, 3.63) is 51.2 Å². The van der Waals surface area contributed by atoms with E-state index in [1.54, 1.807) is 0 Å². The highest BCUT2D eigenvalue weighted by molar-refractivity contribution is 6.30. The molecule has 0 unspecified atom stereocenters. The van der Waals surface area contributed by atoms with Gasteiger partial charge in [-0.2, -0.15) is 23.0 Å². The van der Waals surface area contributed by atoms with Crippen molar-refractivity contribution in [3.8, 4) is 11.4 Å². The molecule has 1 aromatic carbocycles. The number of aromatic nitrogens is 2. The topological polar surface area (TPSA) is 55.1 Å². The van der Waals surface area contributed by atoms with E-state index in [9.17, 15) is 27.5 Å². The van der Waals surface area contributed by atoms with Crippen LogP contribution in [0.25, 0.3) is 5.69 Å². The maximum absolute atomic E-state index is 13.6. The second-order valence-corrected chi connectivity index (χ2v) is 4.18. The van der Waals surface area contributed by atoms with Crippen LogP contribution in [0, 0.1) is 5.82 Å². The van der Waals surface area contributed by atoms with E-state index in [0.717, 1.165) is 12.1 Å². The van der Waals surface area contributed by atoms with Crippen LogP contribution in [0.1, 0.15) is 5.56 Å². The molecule has 1 aromatic heterocycles. The summed E-state index contributed by atoms with van der Waals surface area (Å²) in [6.45, 7) is 0. The van der Waals surface area contributed by atoms with Gasteiger partial charge in [-0.05, 0) is 6.07 Å². The summed E-state index contributed by atoms with van der Waals surface area (Å²) in [5.74, 6) is -1.81. The molecule has 0 fully saturated rings. The largest absolute Gasteiger partial charge is 0.506 e. The molecule has 2 aromatic rings.